The number of aliphatic hydroxyl groups is 1. The van der Waals surface area contributed by atoms with Gasteiger partial charge in [0.05, 0.1) is 29.9 Å². The van der Waals surface area contributed by atoms with Gasteiger partial charge < -0.3 is 31.1 Å². The second-order valence-corrected chi connectivity index (χ2v) is 9.08. The van der Waals surface area contributed by atoms with Crippen LogP contribution in [0.1, 0.15) is 32.7 Å². The third kappa shape index (κ3) is 5.30. The molecule has 1 atom stereocenters. The number of rotatable bonds is 8. The number of aryl methyl sites for hydroxylation is 1. The molecule has 0 amide bonds. The van der Waals surface area contributed by atoms with E-state index in [2.05, 4.69) is 30.9 Å². The Morgan fingerprint density at radius 1 is 1.19 bits per heavy atom. The van der Waals surface area contributed by atoms with E-state index in [0.29, 0.717) is 35.6 Å². The second-order valence-electron chi connectivity index (χ2n) is 9.08. The minimum atomic E-state index is -0.538. The second kappa shape index (κ2) is 10.4. The van der Waals surface area contributed by atoms with Crippen molar-refractivity contribution in [2.75, 3.05) is 17.2 Å². The van der Waals surface area contributed by atoms with Gasteiger partial charge in [0, 0.05) is 55.3 Å². The molecule has 2 aromatic carbocycles. The largest absolute Gasteiger partial charge is 0.508 e. The number of H-pyrrole nitrogens is 1. The molecule has 3 heterocycles. The maximum absolute atomic E-state index is 14.5. The Hall–Kier alpha value is -4.28. The van der Waals surface area contributed by atoms with Crippen LogP contribution in [0.2, 0.25) is 0 Å². The highest BCUT2D eigenvalue weighted by Crippen LogP contribution is 2.35. The zero-order valence-electron chi connectivity index (χ0n) is 20.2. The third-order valence-corrected chi connectivity index (χ3v) is 6.39. The zero-order chi connectivity index (χ0) is 25.9. The number of aromatic amines is 1. The highest BCUT2D eigenvalue weighted by Gasteiger charge is 2.24. The molecule has 0 saturated carbocycles. The fraction of sp³-hybridized carbons (Fsp3) is 0.222. The van der Waals surface area contributed by atoms with Crippen molar-refractivity contribution in [3.63, 3.8) is 0 Å². The van der Waals surface area contributed by atoms with Crippen LogP contribution in [-0.4, -0.2) is 43.6 Å². The van der Waals surface area contributed by atoms with Gasteiger partial charge in [-0.2, -0.15) is 0 Å². The topological polar surface area (TPSA) is 135 Å². The number of nitrogens with zero attached hydrogens (tertiary/aromatic N) is 2. The van der Waals surface area contributed by atoms with Crippen molar-refractivity contribution in [2.45, 2.75) is 32.4 Å². The highest BCUT2D eigenvalue weighted by molar-refractivity contribution is 6.09. The van der Waals surface area contributed by atoms with Gasteiger partial charge in [-0.05, 0) is 41.8 Å². The summed E-state index contributed by atoms with van der Waals surface area (Å²) in [6.45, 7) is 2.09. The highest BCUT2D eigenvalue weighted by atomic mass is 19.1. The third-order valence-electron chi connectivity index (χ3n) is 6.39. The van der Waals surface area contributed by atoms with Gasteiger partial charge >= 0.3 is 0 Å². The molecule has 2 aromatic heterocycles. The van der Waals surface area contributed by atoms with Crippen molar-refractivity contribution < 1.29 is 19.4 Å². The number of hydrogen-bond acceptors (Lipinski definition) is 8. The average molecular weight is 503 g/mol. The molecule has 6 N–H and O–H groups in total. The van der Waals surface area contributed by atoms with Gasteiger partial charge in [0.15, 0.2) is 5.78 Å². The molecule has 4 aromatic rings. The van der Waals surface area contributed by atoms with Crippen LogP contribution < -0.4 is 16.0 Å². The molecule has 9 nitrogen and oxygen atoms in total. The average Bonchev–Trinajstić information content (AvgIpc) is 3.34. The van der Waals surface area contributed by atoms with E-state index in [1.165, 1.54) is 18.3 Å². The first kappa shape index (κ1) is 24.4. The Labute approximate surface area is 212 Å². The van der Waals surface area contributed by atoms with Crippen LogP contribution >= 0.6 is 0 Å². The van der Waals surface area contributed by atoms with Gasteiger partial charge in [0.25, 0.3) is 0 Å². The van der Waals surface area contributed by atoms with Gasteiger partial charge in [0.1, 0.15) is 17.4 Å². The fourth-order valence-electron chi connectivity index (χ4n) is 4.38. The molecule has 5 rings (SSSR count). The van der Waals surface area contributed by atoms with E-state index in [1.54, 1.807) is 25.5 Å². The number of phenolic OH excluding ortho intramolecular Hbond substituents is 1. The molecule has 10 heteroatoms. The van der Waals surface area contributed by atoms with E-state index < -0.39 is 5.82 Å². The van der Waals surface area contributed by atoms with Crippen molar-refractivity contribution >= 4 is 28.7 Å². The maximum Gasteiger partial charge on any atom is 0.173 e. The molecule has 0 bridgehead atoms. The van der Waals surface area contributed by atoms with Crippen LogP contribution in [0.5, 0.6) is 5.75 Å². The fourth-order valence-corrected chi connectivity index (χ4v) is 4.38. The Morgan fingerprint density at radius 2 is 2.05 bits per heavy atom. The first-order chi connectivity index (χ1) is 17.9. The molecule has 0 fully saturated rings. The number of Topliss-reactive ketones (excluding diaryl/α,β-unsaturated/α-hetero) is 1. The number of aliphatic hydroxyl groups excluding tert-OH is 1. The zero-order valence-corrected chi connectivity index (χ0v) is 20.2. The van der Waals surface area contributed by atoms with E-state index in [-0.39, 0.29) is 36.3 Å². The molecule has 1 unspecified atom stereocenters. The minimum Gasteiger partial charge on any atom is -0.508 e. The molecular weight excluding hydrogens is 475 g/mol. The number of pyridine rings is 1. The lowest BCUT2D eigenvalue weighted by atomic mass is 10.0. The van der Waals surface area contributed by atoms with Crippen molar-refractivity contribution in [1.29, 1.82) is 0 Å². The number of halogens is 1. The number of hydrogen-bond donors (Lipinski definition) is 6. The van der Waals surface area contributed by atoms with E-state index in [0.717, 1.165) is 22.5 Å². The molecule has 37 heavy (non-hydrogen) atoms. The first-order valence-electron chi connectivity index (χ1n) is 11.9. The maximum atomic E-state index is 14.5. The standard InChI is InChI=1S/C27H27FN6O3/c1-15-6-20(28)23(10-24(15)36)33-22-4-5-30-27-26(22)25(37)8-17-7-16(2-3-21(17)34-27)11-31-19(13-35)9-18-12-29-14-32-18/h2-7,10,12,14,19,31,35-36H,8-9,11,13H2,1H3,(H,29,32)(H2,30,33,34). The molecule has 0 aliphatic carbocycles. The predicted octanol–water partition coefficient (Wildman–Crippen LogP) is 3.88. The molecule has 190 valence electrons. The summed E-state index contributed by atoms with van der Waals surface area (Å²) in [4.78, 5) is 24.8. The number of carbonyl (C=O) groups excluding carboxylic acids is 1. The SMILES string of the molecule is Cc1cc(F)c(Nc2ccnc3c2C(=O)Cc2cc(CNC(CO)Cc4cnc[nH]4)ccc2N3)cc1O. The first-order valence-corrected chi connectivity index (χ1v) is 11.9. The van der Waals surface area contributed by atoms with Gasteiger partial charge in [-0.25, -0.2) is 14.4 Å². The lowest BCUT2D eigenvalue weighted by Gasteiger charge is -2.16. The van der Waals surface area contributed by atoms with Crippen LogP contribution in [0.15, 0.2) is 55.1 Å². The van der Waals surface area contributed by atoms with Crippen LogP contribution in [0, 0.1) is 12.7 Å². The predicted molar refractivity (Wildman–Crippen MR) is 138 cm³/mol. The number of benzene rings is 2. The Bertz CT molecular complexity index is 1440. The molecule has 1 aliphatic rings. The summed E-state index contributed by atoms with van der Waals surface area (Å²) in [5.74, 6) is -0.387. The van der Waals surface area contributed by atoms with Gasteiger partial charge in [0.2, 0.25) is 0 Å². The lowest BCUT2D eigenvalue weighted by Crippen LogP contribution is -2.34. The van der Waals surface area contributed by atoms with Crippen molar-refractivity contribution in [2.24, 2.45) is 0 Å². The minimum absolute atomic E-state index is 0.0277. The Balaban J connectivity index is 1.35. The van der Waals surface area contributed by atoms with Crippen molar-refractivity contribution in [3.05, 3.63) is 88.9 Å². The van der Waals surface area contributed by atoms with Gasteiger partial charge in [-0.1, -0.05) is 12.1 Å². The van der Waals surface area contributed by atoms with Crippen molar-refractivity contribution in [3.8, 4) is 5.75 Å². The summed E-state index contributed by atoms with van der Waals surface area (Å²) in [6, 6.07) is 9.79. The number of ketones is 1. The van der Waals surface area contributed by atoms with Crippen LogP contribution in [0.25, 0.3) is 0 Å². The van der Waals surface area contributed by atoms with E-state index in [9.17, 15) is 19.4 Å². The van der Waals surface area contributed by atoms with E-state index in [4.69, 9.17) is 0 Å². The van der Waals surface area contributed by atoms with E-state index in [1.807, 2.05) is 18.2 Å². The number of carbonyl (C=O) groups is 1. The molecule has 1 aliphatic heterocycles. The van der Waals surface area contributed by atoms with Crippen LogP contribution in [-0.2, 0) is 19.4 Å². The summed E-state index contributed by atoms with van der Waals surface area (Å²) in [5.41, 5.74) is 4.65. The smallest absolute Gasteiger partial charge is 0.173 e. The van der Waals surface area contributed by atoms with Gasteiger partial charge in [-0.15, -0.1) is 0 Å². The molecule has 0 saturated heterocycles. The summed E-state index contributed by atoms with van der Waals surface area (Å²) in [6.07, 6.45) is 5.61. The normalized spacial score (nSPS) is 13.3. The summed E-state index contributed by atoms with van der Waals surface area (Å²) < 4.78 is 14.5. The summed E-state index contributed by atoms with van der Waals surface area (Å²) >= 11 is 0. The number of imidazole rings is 1. The lowest BCUT2D eigenvalue weighted by molar-refractivity contribution is 0.0995. The summed E-state index contributed by atoms with van der Waals surface area (Å²) in [7, 11) is 0. The van der Waals surface area contributed by atoms with Crippen molar-refractivity contribution in [1.82, 2.24) is 20.3 Å². The Kier molecular flexibility index (Phi) is 6.85. The van der Waals surface area contributed by atoms with Crippen LogP contribution in [0.4, 0.5) is 27.3 Å². The number of phenols is 1. The van der Waals surface area contributed by atoms with Gasteiger partial charge in [-0.3, -0.25) is 4.79 Å². The summed E-state index contributed by atoms with van der Waals surface area (Å²) in [5, 5.41) is 29.3. The Morgan fingerprint density at radius 3 is 2.84 bits per heavy atom. The molecule has 0 spiro atoms. The quantitative estimate of drug-likeness (QED) is 0.214. The number of fused-ring (bicyclic) bond motifs is 2. The van der Waals surface area contributed by atoms with Crippen LogP contribution in [0.3, 0.4) is 0 Å². The number of anilines is 4. The monoisotopic (exact) mass is 502 g/mol. The number of aromatic nitrogens is 3. The number of aromatic hydroxyl groups is 1. The van der Waals surface area contributed by atoms with E-state index >= 15 is 0 Å². The number of nitrogens with one attached hydrogen (secondary N) is 4. The molecule has 0 radical (unpaired) electrons. The molecular formula is C27H27FN6O3.